The van der Waals surface area contributed by atoms with Crippen LogP contribution in [0.5, 0.6) is 0 Å². The normalized spacial score (nSPS) is 12.2. The number of alkyl halides is 1. The van der Waals surface area contributed by atoms with Crippen LogP contribution in [0.4, 0.5) is 4.39 Å². The first-order valence-electron chi connectivity index (χ1n) is 5.87. The van der Waals surface area contributed by atoms with E-state index in [0.717, 1.165) is 12.8 Å². The Morgan fingerprint density at radius 2 is 2.28 bits per heavy atom. The standard InChI is InChI=1S/C13H16BrClFNO/c1-2-9(5-6-15)8-17-13(18)11-7-10(16)3-4-12(11)14/h3-4,7,9H,2,5-6,8H2,1H3,(H,17,18). The molecule has 0 aliphatic rings. The van der Waals surface area contributed by atoms with E-state index in [1.165, 1.54) is 18.2 Å². The third kappa shape index (κ3) is 4.58. The van der Waals surface area contributed by atoms with Gasteiger partial charge in [0.25, 0.3) is 5.91 Å². The molecule has 100 valence electrons. The van der Waals surface area contributed by atoms with Crippen LogP contribution in [0.15, 0.2) is 22.7 Å². The predicted octanol–water partition coefficient (Wildman–Crippen LogP) is 3.97. The summed E-state index contributed by atoms with van der Waals surface area (Å²) in [5.74, 6) is 0.252. The molecule has 1 atom stereocenters. The van der Waals surface area contributed by atoms with Crippen LogP contribution in [-0.2, 0) is 0 Å². The molecule has 0 aromatic heterocycles. The van der Waals surface area contributed by atoms with E-state index in [1.54, 1.807) is 0 Å². The molecular formula is C13H16BrClFNO. The summed E-state index contributed by atoms with van der Waals surface area (Å²) < 4.78 is 13.7. The van der Waals surface area contributed by atoms with Crippen molar-refractivity contribution < 1.29 is 9.18 Å². The zero-order valence-corrected chi connectivity index (χ0v) is 12.5. The van der Waals surface area contributed by atoms with Crippen molar-refractivity contribution in [2.24, 2.45) is 5.92 Å². The molecule has 1 N–H and O–H groups in total. The fourth-order valence-corrected chi connectivity index (χ4v) is 2.34. The van der Waals surface area contributed by atoms with Gasteiger partial charge in [-0.1, -0.05) is 13.3 Å². The molecule has 5 heteroatoms. The molecule has 0 fully saturated rings. The molecule has 1 aromatic rings. The SMILES string of the molecule is CCC(CCCl)CNC(=O)c1cc(F)ccc1Br. The van der Waals surface area contributed by atoms with E-state index in [2.05, 4.69) is 28.2 Å². The first kappa shape index (κ1) is 15.4. The smallest absolute Gasteiger partial charge is 0.252 e. The summed E-state index contributed by atoms with van der Waals surface area (Å²) >= 11 is 8.92. The Bertz CT molecular complexity index is 414. The highest BCUT2D eigenvalue weighted by molar-refractivity contribution is 9.10. The number of rotatable bonds is 6. The van der Waals surface area contributed by atoms with E-state index in [4.69, 9.17) is 11.6 Å². The number of halogens is 3. The minimum Gasteiger partial charge on any atom is -0.352 e. The fraction of sp³-hybridized carbons (Fsp3) is 0.462. The van der Waals surface area contributed by atoms with E-state index in [9.17, 15) is 9.18 Å². The molecule has 0 bridgehead atoms. The lowest BCUT2D eigenvalue weighted by Crippen LogP contribution is -2.29. The maximum atomic E-state index is 13.1. The van der Waals surface area contributed by atoms with Crippen LogP contribution < -0.4 is 5.32 Å². The monoisotopic (exact) mass is 335 g/mol. The highest BCUT2D eigenvalue weighted by atomic mass is 79.9. The lowest BCUT2D eigenvalue weighted by molar-refractivity contribution is 0.0945. The van der Waals surface area contributed by atoms with Gasteiger partial charge < -0.3 is 5.32 Å². The van der Waals surface area contributed by atoms with Crippen molar-refractivity contribution in [3.8, 4) is 0 Å². The molecular weight excluding hydrogens is 321 g/mol. The molecule has 0 saturated carbocycles. The van der Waals surface area contributed by atoms with Gasteiger partial charge in [0, 0.05) is 16.9 Å². The minimum atomic E-state index is -0.420. The Hall–Kier alpha value is -0.610. The van der Waals surface area contributed by atoms with Gasteiger partial charge in [-0.15, -0.1) is 11.6 Å². The van der Waals surface area contributed by atoms with Gasteiger partial charge in [-0.05, 0) is 46.5 Å². The number of nitrogens with one attached hydrogen (secondary N) is 1. The highest BCUT2D eigenvalue weighted by Crippen LogP contribution is 2.18. The van der Waals surface area contributed by atoms with Crippen molar-refractivity contribution in [2.75, 3.05) is 12.4 Å². The zero-order valence-electron chi connectivity index (χ0n) is 10.2. The van der Waals surface area contributed by atoms with E-state index >= 15 is 0 Å². The number of amides is 1. The maximum absolute atomic E-state index is 13.1. The van der Waals surface area contributed by atoms with Crippen molar-refractivity contribution in [3.63, 3.8) is 0 Å². The average molecular weight is 337 g/mol. The second-order valence-corrected chi connectivity index (χ2v) is 5.32. The number of hydrogen-bond donors (Lipinski definition) is 1. The Morgan fingerprint density at radius 3 is 2.89 bits per heavy atom. The zero-order chi connectivity index (χ0) is 13.5. The van der Waals surface area contributed by atoms with Crippen LogP contribution in [0.25, 0.3) is 0 Å². The van der Waals surface area contributed by atoms with Crippen LogP contribution in [0.3, 0.4) is 0 Å². The van der Waals surface area contributed by atoms with Gasteiger partial charge in [0.2, 0.25) is 0 Å². The van der Waals surface area contributed by atoms with Gasteiger partial charge in [-0.2, -0.15) is 0 Å². The van der Waals surface area contributed by atoms with E-state index in [1.807, 2.05) is 0 Å². The number of hydrogen-bond acceptors (Lipinski definition) is 1. The first-order chi connectivity index (χ1) is 8.58. The molecule has 0 saturated heterocycles. The molecule has 1 unspecified atom stereocenters. The molecule has 0 spiro atoms. The third-order valence-corrected chi connectivity index (χ3v) is 3.73. The molecule has 0 heterocycles. The highest BCUT2D eigenvalue weighted by Gasteiger charge is 2.13. The molecule has 0 aliphatic carbocycles. The lowest BCUT2D eigenvalue weighted by atomic mass is 10.0. The van der Waals surface area contributed by atoms with E-state index in [0.29, 0.717) is 28.4 Å². The lowest BCUT2D eigenvalue weighted by Gasteiger charge is -2.14. The second kappa shape index (κ2) is 7.74. The van der Waals surface area contributed by atoms with Gasteiger partial charge in [-0.3, -0.25) is 4.79 Å². The van der Waals surface area contributed by atoms with Crippen molar-refractivity contribution in [3.05, 3.63) is 34.1 Å². The Kier molecular flexibility index (Phi) is 6.65. The number of benzene rings is 1. The van der Waals surface area contributed by atoms with Crippen molar-refractivity contribution in [1.82, 2.24) is 5.32 Å². The van der Waals surface area contributed by atoms with Gasteiger partial charge in [-0.25, -0.2) is 4.39 Å². The fourth-order valence-electron chi connectivity index (χ4n) is 1.61. The Morgan fingerprint density at radius 1 is 1.56 bits per heavy atom. The quantitative estimate of drug-likeness (QED) is 0.782. The average Bonchev–Trinajstić information content (AvgIpc) is 2.37. The summed E-state index contributed by atoms with van der Waals surface area (Å²) in [5, 5.41) is 2.81. The van der Waals surface area contributed by atoms with E-state index in [-0.39, 0.29) is 5.91 Å². The molecule has 18 heavy (non-hydrogen) atoms. The summed E-state index contributed by atoms with van der Waals surface area (Å²) in [6.45, 7) is 2.62. The van der Waals surface area contributed by atoms with Crippen LogP contribution >= 0.6 is 27.5 Å². The summed E-state index contributed by atoms with van der Waals surface area (Å²) in [4.78, 5) is 11.9. The van der Waals surface area contributed by atoms with Gasteiger partial charge >= 0.3 is 0 Å². The van der Waals surface area contributed by atoms with Gasteiger partial charge in [0.1, 0.15) is 5.82 Å². The van der Waals surface area contributed by atoms with Gasteiger partial charge in [0.05, 0.1) is 5.56 Å². The van der Waals surface area contributed by atoms with Crippen LogP contribution in [-0.4, -0.2) is 18.3 Å². The molecule has 1 rings (SSSR count). The number of carbonyl (C=O) groups excluding carboxylic acids is 1. The van der Waals surface area contributed by atoms with Crippen molar-refractivity contribution >= 4 is 33.4 Å². The maximum Gasteiger partial charge on any atom is 0.252 e. The minimum absolute atomic E-state index is 0.269. The second-order valence-electron chi connectivity index (χ2n) is 4.09. The van der Waals surface area contributed by atoms with Gasteiger partial charge in [0.15, 0.2) is 0 Å². The predicted molar refractivity (Wildman–Crippen MR) is 75.6 cm³/mol. The topological polar surface area (TPSA) is 29.1 Å². The van der Waals surface area contributed by atoms with Crippen LogP contribution in [0.2, 0.25) is 0 Å². The first-order valence-corrected chi connectivity index (χ1v) is 7.20. The molecule has 1 amide bonds. The summed E-state index contributed by atoms with van der Waals surface area (Å²) in [5.41, 5.74) is 0.315. The van der Waals surface area contributed by atoms with Crippen molar-refractivity contribution in [1.29, 1.82) is 0 Å². The summed E-state index contributed by atoms with van der Waals surface area (Å²) in [7, 11) is 0. The summed E-state index contributed by atoms with van der Waals surface area (Å²) in [6, 6.07) is 4.06. The Balaban J connectivity index is 2.62. The number of carbonyl (C=O) groups is 1. The van der Waals surface area contributed by atoms with E-state index < -0.39 is 5.82 Å². The molecule has 2 nitrogen and oxygen atoms in total. The molecule has 1 aromatic carbocycles. The summed E-state index contributed by atoms with van der Waals surface area (Å²) in [6.07, 6.45) is 1.82. The van der Waals surface area contributed by atoms with Crippen LogP contribution in [0.1, 0.15) is 30.1 Å². The molecule has 0 aliphatic heterocycles. The third-order valence-electron chi connectivity index (χ3n) is 2.82. The van der Waals surface area contributed by atoms with Crippen molar-refractivity contribution in [2.45, 2.75) is 19.8 Å². The molecule has 0 radical (unpaired) electrons. The Labute approximate surface area is 120 Å². The largest absolute Gasteiger partial charge is 0.352 e. The van der Waals surface area contributed by atoms with Crippen LogP contribution in [0, 0.1) is 11.7 Å².